The smallest absolute Gasteiger partial charge is 0.247 e. The van der Waals surface area contributed by atoms with Crippen molar-refractivity contribution in [1.82, 2.24) is 14.9 Å². The van der Waals surface area contributed by atoms with Crippen LogP contribution in [0.3, 0.4) is 0 Å². The summed E-state index contributed by atoms with van der Waals surface area (Å²) in [6.45, 7) is 11.4. The van der Waals surface area contributed by atoms with E-state index < -0.39 is 5.41 Å². The second-order valence-corrected chi connectivity index (χ2v) is 11.5. The molecule has 9 heteroatoms. The van der Waals surface area contributed by atoms with Gasteiger partial charge >= 0.3 is 0 Å². The second-order valence-electron chi connectivity index (χ2n) is 9.54. The summed E-state index contributed by atoms with van der Waals surface area (Å²) in [7, 11) is 0. The zero-order valence-corrected chi connectivity index (χ0v) is 24.5. The SMILES string of the molecule is C=CS/C(=C(\C)Cl)c1cc(C)nc2c(OCc3c(Cl)cc(C)nc3CN3C=CCC(C)(C#N)C3=O)cccc12. The summed E-state index contributed by atoms with van der Waals surface area (Å²) in [6, 6.07) is 11.7. The van der Waals surface area contributed by atoms with Crippen LogP contribution in [0.15, 0.2) is 59.6 Å². The van der Waals surface area contributed by atoms with Crippen molar-refractivity contribution < 1.29 is 9.53 Å². The van der Waals surface area contributed by atoms with E-state index in [1.165, 1.54) is 16.7 Å². The Morgan fingerprint density at radius 3 is 2.74 bits per heavy atom. The number of amides is 1. The number of carbonyl (C=O) groups excluding carboxylic acids is 1. The average molecular weight is 580 g/mol. The number of rotatable bonds is 8. The van der Waals surface area contributed by atoms with Crippen LogP contribution in [0.5, 0.6) is 5.75 Å². The first-order chi connectivity index (χ1) is 18.6. The predicted octanol–water partition coefficient (Wildman–Crippen LogP) is 8.06. The highest BCUT2D eigenvalue weighted by atomic mass is 35.5. The number of benzene rings is 1. The monoisotopic (exact) mass is 578 g/mol. The number of aryl methyl sites for hydroxylation is 2. The number of ether oxygens (including phenoxy) is 1. The molecule has 4 rings (SSSR count). The molecule has 2 aromatic heterocycles. The van der Waals surface area contributed by atoms with E-state index in [-0.39, 0.29) is 19.1 Å². The van der Waals surface area contributed by atoms with E-state index in [0.29, 0.717) is 39.0 Å². The van der Waals surface area contributed by atoms with Crippen LogP contribution in [0, 0.1) is 30.6 Å². The van der Waals surface area contributed by atoms with Crippen molar-refractivity contribution in [3.8, 4) is 11.8 Å². The highest BCUT2D eigenvalue weighted by Gasteiger charge is 2.38. The standard InChI is InChI=1S/C30H28Cl2N4O2S/c1-6-39-28(20(4)31)22-13-18(2)35-27-21(22)9-7-10-26(27)38-16-23-24(32)14-19(3)34-25(23)15-36-12-8-11-30(5,17-33)29(36)37/h6-10,12-14H,1,11,15-16H2,2-5H3/b28-20+. The van der Waals surface area contributed by atoms with Crippen LogP contribution < -0.4 is 4.74 Å². The van der Waals surface area contributed by atoms with Crippen LogP contribution in [-0.2, 0) is 17.9 Å². The van der Waals surface area contributed by atoms with Gasteiger partial charge in [0.1, 0.15) is 23.3 Å². The van der Waals surface area contributed by atoms with Crippen molar-refractivity contribution in [2.45, 2.75) is 47.3 Å². The van der Waals surface area contributed by atoms with Crippen LogP contribution in [0.25, 0.3) is 15.8 Å². The van der Waals surface area contributed by atoms with Crippen molar-refractivity contribution in [3.63, 3.8) is 0 Å². The Morgan fingerprint density at radius 2 is 2.05 bits per heavy atom. The third-order valence-corrected chi connectivity index (χ3v) is 8.02. The molecule has 1 unspecified atom stereocenters. The van der Waals surface area contributed by atoms with Crippen molar-refractivity contribution in [3.05, 3.63) is 92.9 Å². The molecule has 0 bridgehead atoms. The zero-order chi connectivity index (χ0) is 28.3. The van der Waals surface area contributed by atoms with Crippen molar-refractivity contribution >= 4 is 56.7 Å². The van der Waals surface area contributed by atoms with E-state index in [9.17, 15) is 10.1 Å². The predicted molar refractivity (Wildman–Crippen MR) is 159 cm³/mol. The molecule has 1 amide bonds. The lowest BCUT2D eigenvalue weighted by atomic mass is 9.85. The molecule has 0 spiro atoms. The van der Waals surface area contributed by atoms with Gasteiger partial charge in [0.15, 0.2) is 0 Å². The summed E-state index contributed by atoms with van der Waals surface area (Å²) in [5.74, 6) is 0.317. The van der Waals surface area contributed by atoms with E-state index in [0.717, 1.165) is 27.2 Å². The second kappa shape index (κ2) is 11.8. The van der Waals surface area contributed by atoms with Crippen LogP contribution in [0.4, 0.5) is 0 Å². The number of hydrogen-bond acceptors (Lipinski definition) is 6. The van der Waals surface area contributed by atoms with E-state index in [1.807, 2.05) is 51.1 Å². The fraction of sp³-hybridized carbons (Fsp3) is 0.267. The molecule has 6 nitrogen and oxygen atoms in total. The van der Waals surface area contributed by atoms with Gasteiger partial charge in [0, 0.05) is 44.0 Å². The van der Waals surface area contributed by atoms with Gasteiger partial charge in [-0.1, -0.05) is 59.8 Å². The molecule has 3 heterocycles. The van der Waals surface area contributed by atoms with Crippen molar-refractivity contribution in [2.75, 3.05) is 0 Å². The number of thioether (sulfide) groups is 1. The van der Waals surface area contributed by atoms with Gasteiger partial charge in [-0.05, 0) is 57.7 Å². The number of carbonyl (C=O) groups is 1. The summed E-state index contributed by atoms with van der Waals surface area (Å²) in [6.07, 6.45) is 3.90. The molecule has 1 atom stereocenters. The molecule has 1 aliphatic rings. The zero-order valence-electron chi connectivity index (χ0n) is 22.2. The van der Waals surface area contributed by atoms with E-state index in [1.54, 1.807) is 24.6 Å². The highest BCUT2D eigenvalue weighted by Crippen LogP contribution is 2.39. The Kier molecular flexibility index (Phi) is 8.70. The Hall–Kier alpha value is -3.31. The maximum absolute atomic E-state index is 13.0. The third kappa shape index (κ3) is 5.99. The number of nitriles is 1. The third-order valence-electron chi connectivity index (χ3n) is 6.46. The van der Waals surface area contributed by atoms with E-state index >= 15 is 0 Å². The first-order valence-electron chi connectivity index (χ1n) is 12.3. The van der Waals surface area contributed by atoms with Gasteiger partial charge in [0.25, 0.3) is 0 Å². The molecule has 0 radical (unpaired) electrons. The molecular formula is C30H28Cl2N4O2S. The fourth-order valence-corrected chi connectivity index (χ4v) is 5.67. The minimum absolute atomic E-state index is 0.116. The number of nitrogens with zero attached hydrogens (tertiary/aromatic N) is 4. The molecule has 0 N–H and O–H groups in total. The number of allylic oxidation sites excluding steroid dienone is 2. The van der Waals surface area contributed by atoms with Gasteiger partial charge in [-0.15, -0.1) is 0 Å². The molecule has 1 aromatic carbocycles. The topological polar surface area (TPSA) is 79.1 Å². The molecule has 39 heavy (non-hydrogen) atoms. The maximum Gasteiger partial charge on any atom is 0.247 e. The number of fused-ring (bicyclic) bond motifs is 1. The lowest BCUT2D eigenvalue weighted by molar-refractivity contribution is -0.136. The van der Waals surface area contributed by atoms with E-state index in [4.69, 9.17) is 32.9 Å². The number of aromatic nitrogens is 2. The fourth-order valence-electron chi connectivity index (χ4n) is 4.49. The molecular weight excluding hydrogens is 551 g/mol. The molecule has 0 fully saturated rings. The van der Waals surface area contributed by atoms with Crippen LogP contribution in [0.1, 0.15) is 48.5 Å². The number of pyridine rings is 2. The maximum atomic E-state index is 13.0. The Bertz CT molecular complexity index is 1570. The Labute approximate surface area is 243 Å². The quantitative estimate of drug-likeness (QED) is 0.269. The Morgan fingerprint density at radius 1 is 1.31 bits per heavy atom. The van der Waals surface area contributed by atoms with Gasteiger partial charge < -0.3 is 9.64 Å². The van der Waals surface area contributed by atoms with Gasteiger partial charge in [-0.25, -0.2) is 4.98 Å². The number of para-hydroxylation sites is 1. The summed E-state index contributed by atoms with van der Waals surface area (Å²) >= 11 is 14.6. The van der Waals surface area contributed by atoms with Crippen molar-refractivity contribution in [1.29, 1.82) is 5.26 Å². The summed E-state index contributed by atoms with van der Waals surface area (Å²) in [5, 5.41) is 13.4. The van der Waals surface area contributed by atoms with Crippen LogP contribution in [0.2, 0.25) is 5.02 Å². The van der Waals surface area contributed by atoms with Crippen LogP contribution >= 0.6 is 35.0 Å². The molecule has 200 valence electrons. The molecule has 3 aromatic rings. The van der Waals surface area contributed by atoms with Gasteiger partial charge in [0.05, 0.1) is 23.3 Å². The summed E-state index contributed by atoms with van der Waals surface area (Å²) in [4.78, 5) is 24.9. The Balaban J connectivity index is 1.71. The van der Waals surface area contributed by atoms with Gasteiger partial charge in [0.2, 0.25) is 5.91 Å². The minimum atomic E-state index is -1.11. The van der Waals surface area contributed by atoms with Crippen molar-refractivity contribution in [2.24, 2.45) is 5.41 Å². The molecule has 0 saturated heterocycles. The normalized spacial score (nSPS) is 17.7. The highest BCUT2D eigenvalue weighted by molar-refractivity contribution is 8.11. The molecule has 0 saturated carbocycles. The number of halogens is 2. The summed E-state index contributed by atoms with van der Waals surface area (Å²) < 4.78 is 6.32. The molecule has 1 aliphatic heterocycles. The average Bonchev–Trinajstić information content (AvgIpc) is 2.89. The van der Waals surface area contributed by atoms with Crippen LogP contribution in [-0.4, -0.2) is 20.8 Å². The number of hydrogen-bond donors (Lipinski definition) is 0. The first kappa shape index (κ1) is 28.7. The van der Waals surface area contributed by atoms with Gasteiger partial charge in [-0.3, -0.25) is 9.78 Å². The largest absolute Gasteiger partial charge is 0.486 e. The minimum Gasteiger partial charge on any atom is -0.486 e. The first-order valence-corrected chi connectivity index (χ1v) is 13.9. The summed E-state index contributed by atoms with van der Waals surface area (Å²) in [5.41, 5.74) is 3.35. The lowest BCUT2D eigenvalue weighted by Crippen LogP contribution is -2.41. The lowest BCUT2D eigenvalue weighted by Gasteiger charge is -2.31. The van der Waals surface area contributed by atoms with E-state index in [2.05, 4.69) is 17.6 Å². The molecule has 0 aliphatic carbocycles. The van der Waals surface area contributed by atoms with Gasteiger partial charge in [-0.2, -0.15) is 5.26 Å².